The van der Waals surface area contributed by atoms with Crippen molar-refractivity contribution in [1.82, 2.24) is 10.2 Å². The molecule has 2 aromatic carbocycles. The van der Waals surface area contributed by atoms with Crippen LogP contribution in [0, 0.1) is 5.41 Å². The lowest BCUT2D eigenvalue weighted by Gasteiger charge is -2.25. The van der Waals surface area contributed by atoms with Crippen LogP contribution in [0.1, 0.15) is 41.3 Å². The van der Waals surface area contributed by atoms with E-state index < -0.39 is 23.8 Å². The maximum Gasteiger partial charge on any atom is 0.328 e. The summed E-state index contributed by atoms with van der Waals surface area (Å²) in [6.07, 6.45) is 1.34. The second kappa shape index (κ2) is 6.85. The van der Waals surface area contributed by atoms with E-state index in [1.54, 1.807) is 18.2 Å². The molecule has 2 amide bonds. The van der Waals surface area contributed by atoms with Gasteiger partial charge in [0.2, 0.25) is 5.91 Å². The highest BCUT2D eigenvalue weighted by Gasteiger charge is 2.64. The maximum absolute atomic E-state index is 14.9. The summed E-state index contributed by atoms with van der Waals surface area (Å²) in [6.45, 7) is 1.69. The fraction of sp³-hybridized carbons (Fsp3) is 0.375. The number of carbonyl (C=O) groups is 3. The van der Waals surface area contributed by atoms with E-state index in [-0.39, 0.29) is 40.6 Å². The summed E-state index contributed by atoms with van der Waals surface area (Å²) in [5.41, 5.74) is 0.481. The Hall–Kier alpha value is -3.29. The molecule has 0 unspecified atom stereocenters. The summed E-state index contributed by atoms with van der Waals surface area (Å²) >= 11 is 0. The van der Waals surface area contributed by atoms with Crippen LogP contribution in [0.3, 0.4) is 0 Å². The molecule has 1 heterocycles. The number of fused-ring (bicyclic) bond motifs is 4. The van der Waals surface area contributed by atoms with E-state index in [2.05, 4.69) is 5.32 Å². The lowest BCUT2D eigenvalue weighted by molar-refractivity contribution is -0.151. The number of alkyl halides is 2. The van der Waals surface area contributed by atoms with Crippen molar-refractivity contribution in [3.8, 4) is 11.1 Å². The van der Waals surface area contributed by atoms with Gasteiger partial charge in [-0.3, -0.25) is 9.59 Å². The van der Waals surface area contributed by atoms with Crippen molar-refractivity contribution in [3.05, 3.63) is 59.2 Å². The van der Waals surface area contributed by atoms with Gasteiger partial charge in [0.1, 0.15) is 6.04 Å². The molecule has 1 saturated carbocycles. The second-order valence-electron chi connectivity index (χ2n) is 8.98. The molecule has 8 heteroatoms. The van der Waals surface area contributed by atoms with Crippen molar-refractivity contribution in [2.75, 3.05) is 13.7 Å². The Morgan fingerprint density at radius 2 is 1.81 bits per heavy atom. The largest absolute Gasteiger partial charge is 0.467 e. The van der Waals surface area contributed by atoms with Crippen LogP contribution in [0.5, 0.6) is 0 Å². The minimum Gasteiger partial charge on any atom is -0.467 e. The van der Waals surface area contributed by atoms with Crippen LogP contribution in [0.25, 0.3) is 11.1 Å². The normalized spacial score (nSPS) is 26.1. The minimum absolute atomic E-state index is 0.0474. The summed E-state index contributed by atoms with van der Waals surface area (Å²) in [5, 5.41) is 2.52. The number of rotatable bonds is 4. The molecule has 6 nitrogen and oxygen atoms in total. The molecule has 2 fully saturated rings. The summed E-state index contributed by atoms with van der Waals surface area (Å²) in [7, 11) is 1.28. The summed E-state index contributed by atoms with van der Waals surface area (Å²) in [6, 6.07) is 9.72. The predicted octanol–water partition coefficient (Wildman–Crippen LogP) is 3.09. The van der Waals surface area contributed by atoms with Crippen molar-refractivity contribution >= 4 is 17.8 Å². The number of halogens is 2. The van der Waals surface area contributed by atoms with Gasteiger partial charge in [-0.1, -0.05) is 37.3 Å². The zero-order chi connectivity index (χ0) is 22.8. The van der Waals surface area contributed by atoms with Gasteiger partial charge in [-0.05, 0) is 41.5 Å². The zero-order valence-corrected chi connectivity index (χ0v) is 17.7. The van der Waals surface area contributed by atoms with Crippen LogP contribution in [-0.2, 0) is 20.2 Å². The first-order valence-electron chi connectivity index (χ1n) is 10.5. The number of amides is 2. The average Bonchev–Trinajstić information content (AvgIpc) is 3.27. The van der Waals surface area contributed by atoms with Crippen molar-refractivity contribution in [2.24, 2.45) is 5.41 Å². The van der Waals surface area contributed by atoms with E-state index in [0.29, 0.717) is 17.5 Å². The Balaban J connectivity index is 1.31. The van der Waals surface area contributed by atoms with Crippen molar-refractivity contribution in [3.63, 3.8) is 0 Å². The first-order chi connectivity index (χ1) is 15.2. The summed E-state index contributed by atoms with van der Waals surface area (Å²) in [4.78, 5) is 39.1. The standard InChI is InChI=1S/C24H22F2N2O4/c1-23-10-18(22(31)32-2)28(19(23)11-23)20(29)12-27-21(30)13-7-8-15-14-5-3-4-6-16(14)24(25,26)17(15)9-13/h3-9,18-19H,10-12H2,1-2H3,(H,27,30)/t18-,19-,23+/m0/s1. The monoisotopic (exact) mass is 440 g/mol. The van der Waals surface area contributed by atoms with E-state index in [1.807, 2.05) is 6.92 Å². The molecule has 2 aliphatic carbocycles. The molecule has 1 N–H and O–H groups in total. The van der Waals surface area contributed by atoms with Gasteiger partial charge in [0.05, 0.1) is 13.7 Å². The molecule has 166 valence electrons. The molecule has 0 aromatic heterocycles. The molecule has 3 atom stereocenters. The predicted molar refractivity (Wildman–Crippen MR) is 111 cm³/mol. The van der Waals surface area contributed by atoms with Gasteiger partial charge in [-0.25, -0.2) is 4.79 Å². The molecule has 1 aliphatic heterocycles. The SMILES string of the molecule is COC(=O)[C@@H]1C[C@]2(C)C[C@@H]2N1C(=O)CNC(=O)c1ccc2c(c1)C(F)(F)c1ccccc1-2. The number of nitrogens with zero attached hydrogens (tertiary/aromatic N) is 1. The van der Waals surface area contributed by atoms with Crippen LogP contribution in [0.4, 0.5) is 8.78 Å². The Morgan fingerprint density at radius 1 is 1.09 bits per heavy atom. The van der Waals surface area contributed by atoms with E-state index in [1.165, 1.54) is 36.3 Å². The van der Waals surface area contributed by atoms with Gasteiger partial charge >= 0.3 is 5.97 Å². The zero-order valence-electron chi connectivity index (χ0n) is 17.7. The Kier molecular flexibility index (Phi) is 4.41. The van der Waals surface area contributed by atoms with Crippen molar-refractivity contribution in [1.29, 1.82) is 0 Å². The first-order valence-corrected chi connectivity index (χ1v) is 10.5. The van der Waals surface area contributed by atoms with Gasteiger partial charge in [-0.15, -0.1) is 0 Å². The molecule has 1 saturated heterocycles. The quantitative estimate of drug-likeness (QED) is 0.742. The number of ether oxygens (including phenoxy) is 1. The van der Waals surface area contributed by atoms with Gasteiger partial charge in [-0.2, -0.15) is 8.78 Å². The van der Waals surface area contributed by atoms with Gasteiger partial charge in [0.15, 0.2) is 0 Å². The smallest absolute Gasteiger partial charge is 0.328 e. The molecular weight excluding hydrogens is 418 g/mol. The summed E-state index contributed by atoms with van der Waals surface area (Å²) in [5.74, 6) is -4.68. The third kappa shape index (κ3) is 2.92. The van der Waals surface area contributed by atoms with Gasteiger partial charge in [0, 0.05) is 22.7 Å². The van der Waals surface area contributed by atoms with Crippen molar-refractivity contribution in [2.45, 2.75) is 37.8 Å². The highest BCUT2D eigenvalue weighted by atomic mass is 19.3. The molecule has 5 rings (SSSR count). The highest BCUT2D eigenvalue weighted by molar-refractivity contribution is 5.98. The number of esters is 1. The first kappa shape index (κ1) is 20.6. The number of benzene rings is 2. The Labute approximate surface area is 183 Å². The molecule has 0 radical (unpaired) electrons. The molecule has 0 spiro atoms. The number of methoxy groups -OCH3 is 1. The van der Waals surface area contributed by atoms with E-state index in [9.17, 15) is 23.2 Å². The molecule has 2 aromatic rings. The molecular formula is C24H22F2N2O4. The molecule has 3 aliphatic rings. The van der Waals surface area contributed by atoms with Crippen LogP contribution in [0.2, 0.25) is 0 Å². The van der Waals surface area contributed by atoms with Crippen LogP contribution < -0.4 is 5.32 Å². The number of carbonyl (C=O) groups excluding carboxylic acids is 3. The number of hydrogen-bond donors (Lipinski definition) is 1. The van der Waals surface area contributed by atoms with Gasteiger partial charge < -0.3 is 15.0 Å². The number of nitrogens with one attached hydrogen (secondary N) is 1. The highest BCUT2D eigenvalue weighted by Crippen LogP contribution is 2.59. The van der Waals surface area contributed by atoms with Crippen LogP contribution in [0.15, 0.2) is 42.5 Å². The number of hydrogen-bond acceptors (Lipinski definition) is 4. The second-order valence-corrected chi connectivity index (χ2v) is 8.98. The maximum atomic E-state index is 14.9. The fourth-order valence-corrected chi connectivity index (χ4v) is 5.14. The summed E-state index contributed by atoms with van der Waals surface area (Å²) < 4.78 is 34.6. The van der Waals surface area contributed by atoms with Crippen molar-refractivity contribution < 1.29 is 27.9 Å². The van der Waals surface area contributed by atoms with Crippen LogP contribution >= 0.6 is 0 Å². The van der Waals surface area contributed by atoms with E-state index in [0.717, 1.165) is 6.42 Å². The lowest BCUT2D eigenvalue weighted by Crippen LogP contribution is -2.47. The lowest BCUT2D eigenvalue weighted by atomic mass is 10.0. The Morgan fingerprint density at radius 3 is 2.56 bits per heavy atom. The molecule has 32 heavy (non-hydrogen) atoms. The minimum atomic E-state index is -3.20. The number of likely N-dealkylation sites (tertiary alicyclic amines) is 1. The van der Waals surface area contributed by atoms with E-state index >= 15 is 0 Å². The Bertz CT molecular complexity index is 1160. The van der Waals surface area contributed by atoms with E-state index in [4.69, 9.17) is 4.74 Å². The fourth-order valence-electron chi connectivity index (χ4n) is 5.14. The molecule has 0 bridgehead atoms. The number of piperidine rings is 1. The van der Waals surface area contributed by atoms with Gasteiger partial charge in [0.25, 0.3) is 11.8 Å². The van der Waals surface area contributed by atoms with Crippen LogP contribution in [-0.4, -0.2) is 48.4 Å². The third-order valence-corrected chi connectivity index (χ3v) is 6.97. The topological polar surface area (TPSA) is 75.7 Å². The third-order valence-electron chi connectivity index (χ3n) is 6.97. The average molecular weight is 440 g/mol.